The van der Waals surface area contributed by atoms with Crippen LogP contribution in [-0.4, -0.2) is 84.1 Å². The molecule has 1 aromatic rings. The molecule has 176 valence electrons. The SMILES string of the molecule is CCC(CC)c1cc(CNC(=NC)N2CCN(C(C)C(=O)N3CCCC3)CC2)on1.I. The topological polar surface area (TPSA) is 77.2 Å². The summed E-state index contributed by atoms with van der Waals surface area (Å²) in [6.07, 6.45) is 4.41. The van der Waals surface area contributed by atoms with Gasteiger partial charge in [-0.15, -0.1) is 24.0 Å². The number of hydrogen-bond acceptors (Lipinski definition) is 5. The fraction of sp³-hybridized carbons (Fsp3) is 0.773. The number of piperazine rings is 1. The summed E-state index contributed by atoms with van der Waals surface area (Å²) >= 11 is 0. The first-order chi connectivity index (χ1) is 14.6. The Morgan fingerprint density at radius 1 is 1.13 bits per heavy atom. The van der Waals surface area contributed by atoms with Crippen molar-refractivity contribution < 1.29 is 9.32 Å². The summed E-state index contributed by atoms with van der Waals surface area (Å²) in [7, 11) is 1.81. The molecule has 1 N–H and O–H groups in total. The lowest BCUT2D eigenvalue weighted by molar-refractivity contribution is -0.135. The minimum atomic E-state index is -0.0436. The van der Waals surface area contributed by atoms with Gasteiger partial charge < -0.3 is 19.6 Å². The zero-order valence-electron chi connectivity index (χ0n) is 19.5. The molecule has 0 bridgehead atoms. The number of halogens is 1. The highest BCUT2D eigenvalue weighted by Gasteiger charge is 2.30. The largest absolute Gasteiger partial charge is 0.359 e. The smallest absolute Gasteiger partial charge is 0.239 e. The Morgan fingerprint density at radius 3 is 2.35 bits per heavy atom. The van der Waals surface area contributed by atoms with Crippen molar-refractivity contribution >= 4 is 35.8 Å². The second-order valence-corrected chi connectivity index (χ2v) is 8.36. The lowest BCUT2D eigenvalue weighted by Gasteiger charge is -2.39. The third-order valence-electron chi connectivity index (χ3n) is 6.55. The second-order valence-electron chi connectivity index (χ2n) is 8.36. The summed E-state index contributed by atoms with van der Waals surface area (Å²) in [5.41, 5.74) is 1.04. The van der Waals surface area contributed by atoms with Gasteiger partial charge in [-0.3, -0.25) is 14.7 Å². The summed E-state index contributed by atoms with van der Waals surface area (Å²) in [6, 6.07) is 2.01. The number of likely N-dealkylation sites (tertiary alicyclic amines) is 1. The quantitative estimate of drug-likeness (QED) is 0.322. The van der Waals surface area contributed by atoms with E-state index in [9.17, 15) is 4.79 Å². The van der Waals surface area contributed by atoms with Crippen LogP contribution in [0.1, 0.15) is 63.8 Å². The number of aromatic nitrogens is 1. The average Bonchev–Trinajstić information content (AvgIpc) is 3.47. The average molecular weight is 546 g/mol. The van der Waals surface area contributed by atoms with Crippen molar-refractivity contribution in [2.45, 2.75) is 65.0 Å². The molecule has 1 amide bonds. The lowest BCUT2D eigenvalue weighted by Crippen LogP contribution is -2.57. The van der Waals surface area contributed by atoms with Gasteiger partial charge in [0, 0.05) is 58.3 Å². The maximum atomic E-state index is 12.7. The van der Waals surface area contributed by atoms with Crippen molar-refractivity contribution in [2.75, 3.05) is 46.3 Å². The molecule has 31 heavy (non-hydrogen) atoms. The summed E-state index contributed by atoms with van der Waals surface area (Å²) in [4.78, 5) is 23.7. The van der Waals surface area contributed by atoms with E-state index in [0.717, 1.165) is 82.4 Å². The minimum absolute atomic E-state index is 0. The number of aliphatic imine (C=N–C) groups is 1. The summed E-state index contributed by atoms with van der Waals surface area (Å²) in [5.74, 6) is 2.44. The second kappa shape index (κ2) is 12.6. The first-order valence-electron chi connectivity index (χ1n) is 11.5. The fourth-order valence-corrected chi connectivity index (χ4v) is 4.49. The van der Waals surface area contributed by atoms with Gasteiger partial charge in [0.15, 0.2) is 11.7 Å². The van der Waals surface area contributed by atoms with Crippen molar-refractivity contribution in [1.29, 1.82) is 0 Å². The van der Waals surface area contributed by atoms with Crippen molar-refractivity contribution in [3.8, 4) is 0 Å². The Bertz CT molecular complexity index is 707. The maximum absolute atomic E-state index is 12.7. The van der Waals surface area contributed by atoms with Crippen LogP contribution in [0.3, 0.4) is 0 Å². The molecule has 0 saturated carbocycles. The molecule has 1 atom stereocenters. The van der Waals surface area contributed by atoms with Crippen LogP contribution < -0.4 is 5.32 Å². The van der Waals surface area contributed by atoms with Crippen LogP contribution in [0.2, 0.25) is 0 Å². The van der Waals surface area contributed by atoms with Gasteiger partial charge in [0.1, 0.15) is 0 Å². The van der Waals surface area contributed by atoms with E-state index in [1.807, 2.05) is 18.9 Å². The molecule has 9 heteroatoms. The van der Waals surface area contributed by atoms with E-state index in [1.165, 1.54) is 0 Å². The molecule has 2 aliphatic heterocycles. The monoisotopic (exact) mass is 546 g/mol. The summed E-state index contributed by atoms with van der Waals surface area (Å²) in [5, 5.41) is 7.65. The molecule has 2 fully saturated rings. The van der Waals surface area contributed by atoms with Crippen molar-refractivity contribution in [3.63, 3.8) is 0 Å². The highest BCUT2D eigenvalue weighted by Crippen LogP contribution is 2.22. The van der Waals surface area contributed by atoms with Crippen LogP contribution in [0.5, 0.6) is 0 Å². The van der Waals surface area contributed by atoms with Crippen LogP contribution in [0, 0.1) is 0 Å². The molecule has 1 unspecified atom stereocenters. The molecule has 8 nitrogen and oxygen atoms in total. The Kier molecular flexibility index (Phi) is 10.5. The third kappa shape index (κ3) is 6.57. The fourth-order valence-electron chi connectivity index (χ4n) is 4.49. The minimum Gasteiger partial charge on any atom is -0.359 e. The molecule has 3 rings (SSSR count). The molecular formula is C22H39IN6O2. The number of guanidine groups is 1. The van der Waals surface area contributed by atoms with Gasteiger partial charge in [0.25, 0.3) is 0 Å². The Labute approximate surface area is 203 Å². The van der Waals surface area contributed by atoms with E-state index in [1.54, 1.807) is 0 Å². The van der Waals surface area contributed by atoms with Crippen LogP contribution >= 0.6 is 24.0 Å². The highest BCUT2D eigenvalue weighted by molar-refractivity contribution is 14.0. The molecule has 0 spiro atoms. The molecule has 0 radical (unpaired) electrons. The number of nitrogens with one attached hydrogen (secondary N) is 1. The number of hydrogen-bond donors (Lipinski definition) is 1. The lowest BCUT2D eigenvalue weighted by atomic mass is 9.99. The molecule has 0 aliphatic carbocycles. The third-order valence-corrected chi connectivity index (χ3v) is 6.55. The molecule has 3 heterocycles. The maximum Gasteiger partial charge on any atom is 0.239 e. The van der Waals surface area contributed by atoms with Gasteiger partial charge in [-0.25, -0.2) is 0 Å². The highest BCUT2D eigenvalue weighted by atomic mass is 127. The number of rotatable bonds is 7. The zero-order valence-corrected chi connectivity index (χ0v) is 21.8. The van der Waals surface area contributed by atoms with E-state index in [2.05, 4.69) is 45.2 Å². The molecule has 0 aromatic carbocycles. The number of carbonyl (C=O) groups excluding carboxylic acids is 1. The van der Waals surface area contributed by atoms with Crippen LogP contribution in [-0.2, 0) is 11.3 Å². The Balaban J connectivity index is 0.00000341. The van der Waals surface area contributed by atoms with Gasteiger partial charge in [-0.2, -0.15) is 0 Å². The van der Waals surface area contributed by atoms with E-state index in [0.29, 0.717) is 12.5 Å². The number of nitrogens with zero attached hydrogens (tertiary/aromatic N) is 5. The zero-order chi connectivity index (χ0) is 21.5. The normalized spacial score (nSPS) is 18.9. The molecule has 2 saturated heterocycles. The van der Waals surface area contributed by atoms with Crippen LogP contribution in [0.15, 0.2) is 15.6 Å². The summed E-state index contributed by atoms with van der Waals surface area (Å²) < 4.78 is 5.52. The van der Waals surface area contributed by atoms with Gasteiger partial charge in [-0.1, -0.05) is 19.0 Å². The van der Waals surface area contributed by atoms with Gasteiger partial charge in [0.2, 0.25) is 5.91 Å². The van der Waals surface area contributed by atoms with E-state index in [-0.39, 0.29) is 35.9 Å². The van der Waals surface area contributed by atoms with E-state index in [4.69, 9.17) is 4.52 Å². The Hall–Kier alpha value is -1.36. The van der Waals surface area contributed by atoms with Crippen LogP contribution in [0.25, 0.3) is 0 Å². The van der Waals surface area contributed by atoms with Crippen molar-refractivity contribution in [1.82, 2.24) is 25.2 Å². The van der Waals surface area contributed by atoms with Crippen LogP contribution in [0.4, 0.5) is 0 Å². The predicted octanol–water partition coefficient (Wildman–Crippen LogP) is 2.90. The molecule has 2 aliphatic rings. The standard InChI is InChI=1S/C22H38N6O2.HI/c1-5-18(6-2)20-15-19(30-25-20)16-24-22(23-4)28-13-11-26(12-14-28)17(3)21(29)27-9-7-8-10-27;/h15,17-18H,5-14,16H2,1-4H3,(H,23,24);1H. The van der Waals surface area contributed by atoms with E-state index < -0.39 is 0 Å². The predicted molar refractivity (Wildman–Crippen MR) is 134 cm³/mol. The van der Waals surface area contributed by atoms with E-state index >= 15 is 0 Å². The first-order valence-corrected chi connectivity index (χ1v) is 11.5. The first kappa shape index (κ1) is 25.9. The van der Waals surface area contributed by atoms with Gasteiger partial charge in [-0.05, 0) is 32.6 Å². The number of carbonyl (C=O) groups is 1. The summed E-state index contributed by atoms with van der Waals surface area (Å²) in [6.45, 7) is 12.3. The van der Waals surface area contributed by atoms with Crippen molar-refractivity contribution in [2.24, 2.45) is 4.99 Å². The molecular weight excluding hydrogens is 507 g/mol. The molecule has 1 aromatic heterocycles. The van der Waals surface area contributed by atoms with Gasteiger partial charge in [0.05, 0.1) is 18.3 Å². The van der Waals surface area contributed by atoms with Gasteiger partial charge >= 0.3 is 0 Å². The number of amides is 1. The van der Waals surface area contributed by atoms with Crippen molar-refractivity contribution in [3.05, 3.63) is 17.5 Å². The Morgan fingerprint density at radius 2 is 1.77 bits per heavy atom.